The SMILES string of the molecule is CN=C(NCc1ccc(N2CCSCC2)cc1)NCc1cccc(F)c1. The third kappa shape index (κ3) is 5.39. The molecule has 0 unspecified atom stereocenters. The average molecular weight is 373 g/mol. The Balaban J connectivity index is 1.48. The van der Waals surface area contributed by atoms with Crippen LogP contribution in [0.2, 0.25) is 0 Å². The molecule has 0 atom stereocenters. The van der Waals surface area contributed by atoms with Gasteiger partial charge in [0.1, 0.15) is 5.82 Å². The predicted molar refractivity (Wildman–Crippen MR) is 109 cm³/mol. The van der Waals surface area contributed by atoms with Crippen molar-refractivity contribution in [3.63, 3.8) is 0 Å². The third-order valence-corrected chi connectivity index (χ3v) is 5.29. The Bertz CT molecular complexity index is 727. The second-order valence-electron chi connectivity index (χ2n) is 6.18. The first-order valence-corrected chi connectivity index (χ1v) is 10.0. The molecule has 1 aliphatic rings. The van der Waals surface area contributed by atoms with Gasteiger partial charge in [-0.2, -0.15) is 11.8 Å². The van der Waals surface area contributed by atoms with E-state index in [0.29, 0.717) is 19.0 Å². The Morgan fingerprint density at radius 1 is 1.04 bits per heavy atom. The molecule has 0 aliphatic carbocycles. The van der Waals surface area contributed by atoms with Crippen LogP contribution in [0.25, 0.3) is 0 Å². The standard InChI is InChI=1S/C20H25FN4S/c1-22-20(24-15-17-3-2-4-18(21)13-17)23-14-16-5-7-19(8-6-16)25-9-11-26-12-10-25/h2-8,13H,9-12,14-15H2,1H3,(H2,22,23,24). The molecule has 1 fully saturated rings. The molecular formula is C20H25FN4S. The van der Waals surface area contributed by atoms with Crippen LogP contribution >= 0.6 is 11.8 Å². The van der Waals surface area contributed by atoms with E-state index in [9.17, 15) is 4.39 Å². The third-order valence-electron chi connectivity index (χ3n) is 4.35. The Hall–Kier alpha value is -2.21. The largest absolute Gasteiger partial charge is 0.370 e. The van der Waals surface area contributed by atoms with Crippen LogP contribution < -0.4 is 15.5 Å². The molecule has 2 aromatic rings. The van der Waals surface area contributed by atoms with E-state index in [-0.39, 0.29) is 5.82 Å². The summed E-state index contributed by atoms with van der Waals surface area (Å²) in [4.78, 5) is 6.66. The molecular weight excluding hydrogens is 347 g/mol. The van der Waals surface area contributed by atoms with Crippen molar-refractivity contribution in [3.8, 4) is 0 Å². The Morgan fingerprint density at radius 2 is 1.73 bits per heavy atom. The van der Waals surface area contributed by atoms with Crippen LogP contribution in [0.15, 0.2) is 53.5 Å². The Morgan fingerprint density at radius 3 is 2.38 bits per heavy atom. The van der Waals surface area contributed by atoms with Crippen molar-refractivity contribution in [3.05, 3.63) is 65.5 Å². The number of guanidine groups is 1. The number of aliphatic imine (C=N–C) groups is 1. The Labute approximate surface area is 158 Å². The summed E-state index contributed by atoms with van der Waals surface area (Å²) >= 11 is 2.02. The fourth-order valence-corrected chi connectivity index (χ4v) is 3.79. The van der Waals surface area contributed by atoms with Gasteiger partial charge in [0.05, 0.1) is 0 Å². The quantitative estimate of drug-likeness (QED) is 0.624. The van der Waals surface area contributed by atoms with Crippen molar-refractivity contribution in [2.75, 3.05) is 36.5 Å². The van der Waals surface area contributed by atoms with Crippen LogP contribution in [0, 0.1) is 5.82 Å². The molecule has 0 spiro atoms. The molecule has 138 valence electrons. The van der Waals surface area contributed by atoms with Crippen LogP contribution in [-0.4, -0.2) is 37.6 Å². The molecule has 1 heterocycles. The van der Waals surface area contributed by atoms with Gasteiger partial charge in [-0.3, -0.25) is 4.99 Å². The first-order valence-electron chi connectivity index (χ1n) is 8.85. The smallest absolute Gasteiger partial charge is 0.191 e. The first-order chi connectivity index (χ1) is 12.7. The monoisotopic (exact) mass is 372 g/mol. The molecule has 0 bridgehead atoms. The van der Waals surface area contributed by atoms with Crippen LogP contribution in [0.3, 0.4) is 0 Å². The van der Waals surface area contributed by atoms with Gasteiger partial charge in [-0.15, -0.1) is 0 Å². The number of thioether (sulfide) groups is 1. The van der Waals surface area contributed by atoms with Gasteiger partial charge in [0.25, 0.3) is 0 Å². The van der Waals surface area contributed by atoms with Crippen molar-refractivity contribution >= 4 is 23.4 Å². The van der Waals surface area contributed by atoms with Crippen molar-refractivity contribution in [2.45, 2.75) is 13.1 Å². The van der Waals surface area contributed by atoms with Gasteiger partial charge in [-0.25, -0.2) is 4.39 Å². The number of benzene rings is 2. The lowest BCUT2D eigenvalue weighted by Gasteiger charge is -2.28. The van der Waals surface area contributed by atoms with Crippen LogP contribution in [-0.2, 0) is 13.1 Å². The van der Waals surface area contributed by atoms with E-state index in [2.05, 4.69) is 44.8 Å². The zero-order valence-corrected chi connectivity index (χ0v) is 15.9. The lowest BCUT2D eigenvalue weighted by atomic mass is 10.2. The molecule has 1 saturated heterocycles. The predicted octanol–water partition coefficient (Wildman–Crippen LogP) is 3.24. The van der Waals surface area contributed by atoms with E-state index in [1.165, 1.54) is 34.9 Å². The molecule has 0 aromatic heterocycles. The summed E-state index contributed by atoms with van der Waals surface area (Å²) in [5, 5.41) is 6.51. The van der Waals surface area contributed by atoms with Gasteiger partial charge in [0, 0.05) is 50.4 Å². The molecule has 0 amide bonds. The highest BCUT2D eigenvalue weighted by Gasteiger charge is 2.10. The summed E-state index contributed by atoms with van der Waals surface area (Å²) in [6.07, 6.45) is 0. The first kappa shape index (κ1) is 18.6. The lowest BCUT2D eigenvalue weighted by molar-refractivity contribution is 0.624. The van der Waals surface area contributed by atoms with Gasteiger partial charge in [-0.1, -0.05) is 24.3 Å². The lowest BCUT2D eigenvalue weighted by Crippen LogP contribution is -2.36. The summed E-state index contributed by atoms with van der Waals surface area (Å²) in [5.41, 5.74) is 3.38. The number of nitrogens with one attached hydrogen (secondary N) is 2. The van der Waals surface area contributed by atoms with E-state index in [0.717, 1.165) is 18.7 Å². The van der Waals surface area contributed by atoms with Gasteiger partial charge < -0.3 is 15.5 Å². The summed E-state index contributed by atoms with van der Waals surface area (Å²) < 4.78 is 13.2. The number of nitrogens with zero attached hydrogens (tertiary/aromatic N) is 2. The molecule has 1 aliphatic heterocycles. The number of hydrogen-bond donors (Lipinski definition) is 2. The van der Waals surface area contributed by atoms with Crippen LogP contribution in [0.4, 0.5) is 10.1 Å². The molecule has 0 saturated carbocycles. The second-order valence-corrected chi connectivity index (χ2v) is 7.40. The average Bonchev–Trinajstić information content (AvgIpc) is 2.69. The van der Waals surface area contributed by atoms with Crippen LogP contribution in [0.1, 0.15) is 11.1 Å². The van der Waals surface area contributed by atoms with Crippen molar-refractivity contribution in [2.24, 2.45) is 4.99 Å². The second kappa shape index (κ2) is 9.48. The number of rotatable bonds is 5. The van der Waals surface area contributed by atoms with E-state index in [4.69, 9.17) is 0 Å². The van der Waals surface area contributed by atoms with E-state index < -0.39 is 0 Å². The normalized spacial score (nSPS) is 15.0. The van der Waals surface area contributed by atoms with Crippen molar-refractivity contribution in [1.29, 1.82) is 0 Å². The van der Waals surface area contributed by atoms with E-state index >= 15 is 0 Å². The van der Waals surface area contributed by atoms with Crippen LogP contribution in [0.5, 0.6) is 0 Å². The topological polar surface area (TPSA) is 39.7 Å². The van der Waals surface area contributed by atoms with Crippen molar-refractivity contribution in [1.82, 2.24) is 10.6 Å². The Kier molecular flexibility index (Phi) is 6.77. The molecule has 6 heteroatoms. The maximum absolute atomic E-state index is 13.2. The summed E-state index contributed by atoms with van der Waals surface area (Å²) in [6, 6.07) is 15.3. The molecule has 2 aromatic carbocycles. The van der Waals surface area contributed by atoms with Gasteiger partial charge >= 0.3 is 0 Å². The summed E-state index contributed by atoms with van der Waals surface area (Å²) in [7, 11) is 1.73. The summed E-state index contributed by atoms with van der Waals surface area (Å²) in [5.74, 6) is 2.89. The van der Waals surface area contributed by atoms with Gasteiger partial charge in [-0.05, 0) is 35.4 Å². The number of hydrogen-bond acceptors (Lipinski definition) is 3. The molecule has 2 N–H and O–H groups in total. The number of anilines is 1. The molecule has 0 radical (unpaired) electrons. The van der Waals surface area contributed by atoms with Gasteiger partial charge in [0.2, 0.25) is 0 Å². The maximum atomic E-state index is 13.2. The van der Waals surface area contributed by atoms with Crippen molar-refractivity contribution < 1.29 is 4.39 Å². The zero-order valence-electron chi connectivity index (χ0n) is 15.0. The highest BCUT2D eigenvalue weighted by molar-refractivity contribution is 7.99. The highest BCUT2D eigenvalue weighted by atomic mass is 32.2. The fraction of sp³-hybridized carbons (Fsp3) is 0.350. The minimum Gasteiger partial charge on any atom is -0.370 e. The molecule has 3 rings (SSSR count). The maximum Gasteiger partial charge on any atom is 0.191 e. The molecule has 26 heavy (non-hydrogen) atoms. The van der Waals surface area contributed by atoms with E-state index in [1.807, 2.05) is 17.8 Å². The van der Waals surface area contributed by atoms with E-state index in [1.54, 1.807) is 13.1 Å². The molecule has 4 nitrogen and oxygen atoms in total. The minimum absolute atomic E-state index is 0.223. The summed E-state index contributed by atoms with van der Waals surface area (Å²) in [6.45, 7) is 3.47. The van der Waals surface area contributed by atoms with Gasteiger partial charge in [0.15, 0.2) is 5.96 Å². The highest BCUT2D eigenvalue weighted by Crippen LogP contribution is 2.19. The zero-order chi connectivity index (χ0) is 18.2. The number of halogens is 1. The minimum atomic E-state index is -0.223. The fourth-order valence-electron chi connectivity index (χ4n) is 2.89.